The van der Waals surface area contributed by atoms with Crippen LogP contribution in [0.15, 0.2) is 24.3 Å². The van der Waals surface area contributed by atoms with Gasteiger partial charge >= 0.3 is 0 Å². The third kappa shape index (κ3) is 7.13. The zero-order valence-corrected chi connectivity index (χ0v) is 16.1. The predicted octanol–water partition coefficient (Wildman–Crippen LogP) is 5.55. The molecule has 0 spiro atoms. The SMILES string of the molecule is CC(C)c1ccc(NC(=S)NCCCSC2CCCCC2)cc1. The maximum absolute atomic E-state index is 5.37. The smallest absolute Gasteiger partial charge is 0.170 e. The van der Waals surface area contributed by atoms with E-state index in [0.717, 1.165) is 22.6 Å². The Morgan fingerprint density at radius 1 is 1.17 bits per heavy atom. The lowest BCUT2D eigenvalue weighted by Gasteiger charge is -2.20. The molecule has 4 heteroatoms. The topological polar surface area (TPSA) is 24.1 Å². The van der Waals surface area contributed by atoms with Crippen LogP contribution >= 0.6 is 24.0 Å². The summed E-state index contributed by atoms with van der Waals surface area (Å²) in [5, 5.41) is 8.21. The summed E-state index contributed by atoms with van der Waals surface area (Å²) in [5.74, 6) is 1.80. The van der Waals surface area contributed by atoms with Gasteiger partial charge in [-0.05, 0) is 60.8 Å². The zero-order valence-electron chi connectivity index (χ0n) is 14.4. The Hall–Kier alpha value is -0.740. The van der Waals surface area contributed by atoms with Gasteiger partial charge in [-0.2, -0.15) is 11.8 Å². The number of nitrogens with one attached hydrogen (secondary N) is 2. The summed E-state index contributed by atoms with van der Waals surface area (Å²) in [4.78, 5) is 0. The maximum atomic E-state index is 5.37. The van der Waals surface area contributed by atoms with Gasteiger partial charge in [-0.3, -0.25) is 0 Å². The summed E-state index contributed by atoms with van der Waals surface area (Å²) in [6.07, 6.45) is 8.32. The summed E-state index contributed by atoms with van der Waals surface area (Å²) >= 11 is 7.52. The van der Waals surface area contributed by atoms with E-state index in [1.807, 2.05) is 0 Å². The van der Waals surface area contributed by atoms with Crippen LogP contribution in [0.4, 0.5) is 5.69 Å². The van der Waals surface area contributed by atoms with Gasteiger partial charge in [0.15, 0.2) is 5.11 Å². The molecule has 2 N–H and O–H groups in total. The number of benzene rings is 1. The Bertz CT molecular complexity index is 465. The van der Waals surface area contributed by atoms with E-state index in [2.05, 4.69) is 60.5 Å². The Morgan fingerprint density at radius 2 is 1.87 bits per heavy atom. The van der Waals surface area contributed by atoms with Crippen LogP contribution in [0.2, 0.25) is 0 Å². The Morgan fingerprint density at radius 3 is 2.52 bits per heavy atom. The van der Waals surface area contributed by atoms with Crippen molar-refractivity contribution in [1.29, 1.82) is 0 Å². The van der Waals surface area contributed by atoms with E-state index in [0.29, 0.717) is 5.92 Å². The van der Waals surface area contributed by atoms with E-state index in [4.69, 9.17) is 12.2 Å². The molecular formula is C19H30N2S2. The monoisotopic (exact) mass is 350 g/mol. The van der Waals surface area contributed by atoms with Crippen molar-refractivity contribution >= 4 is 34.8 Å². The molecule has 1 saturated carbocycles. The summed E-state index contributed by atoms with van der Waals surface area (Å²) in [7, 11) is 0. The quantitative estimate of drug-likeness (QED) is 0.497. The average Bonchev–Trinajstić information content (AvgIpc) is 2.56. The first-order valence-electron chi connectivity index (χ1n) is 8.91. The van der Waals surface area contributed by atoms with Crippen molar-refractivity contribution in [1.82, 2.24) is 5.32 Å². The van der Waals surface area contributed by atoms with Gasteiger partial charge in [0, 0.05) is 17.5 Å². The molecule has 0 aromatic heterocycles. The van der Waals surface area contributed by atoms with E-state index < -0.39 is 0 Å². The molecule has 0 aliphatic heterocycles. The second-order valence-electron chi connectivity index (χ2n) is 6.64. The highest BCUT2D eigenvalue weighted by molar-refractivity contribution is 7.99. The standard InChI is InChI=1S/C19H30N2S2/c1-15(2)16-9-11-17(12-10-16)21-19(22)20-13-6-14-23-18-7-4-3-5-8-18/h9-12,15,18H,3-8,13-14H2,1-2H3,(H2,20,21,22). The molecule has 1 aliphatic rings. The molecule has 1 aromatic carbocycles. The maximum Gasteiger partial charge on any atom is 0.170 e. The number of thioether (sulfide) groups is 1. The van der Waals surface area contributed by atoms with E-state index in [1.165, 1.54) is 49.8 Å². The van der Waals surface area contributed by atoms with Crippen molar-refractivity contribution in [3.63, 3.8) is 0 Å². The van der Waals surface area contributed by atoms with E-state index in [-0.39, 0.29) is 0 Å². The van der Waals surface area contributed by atoms with Crippen LogP contribution in [-0.2, 0) is 0 Å². The fraction of sp³-hybridized carbons (Fsp3) is 0.632. The number of rotatable bonds is 7. The lowest BCUT2D eigenvalue weighted by molar-refractivity contribution is 0.516. The van der Waals surface area contributed by atoms with Gasteiger partial charge < -0.3 is 10.6 Å². The molecular weight excluding hydrogens is 320 g/mol. The third-order valence-corrected chi connectivity index (χ3v) is 6.06. The van der Waals surface area contributed by atoms with E-state index >= 15 is 0 Å². The minimum Gasteiger partial charge on any atom is -0.362 e. The van der Waals surface area contributed by atoms with Crippen molar-refractivity contribution in [3.05, 3.63) is 29.8 Å². The molecule has 2 rings (SSSR count). The summed E-state index contributed by atoms with van der Waals surface area (Å²) in [6.45, 7) is 5.37. The molecule has 0 heterocycles. The van der Waals surface area contributed by atoms with Crippen molar-refractivity contribution < 1.29 is 0 Å². The van der Waals surface area contributed by atoms with E-state index in [1.54, 1.807) is 0 Å². The van der Waals surface area contributed by atoms with Crippen molar-refractivity contribution in [2.45, 2.75) is 63.5 Å². The van der Waals surface area contributed by atoms with Gasteiger partial charge in [-0.1, -0.05) is 45.2 Å². The van der Waals surface area contributed by atoms with Crippen LogP contribution in [0.25, 0.3) is 0 Å². The van der Waals surface area contributed by atoms with Crippen molar-refractivity contribution in [2.75, 3.05) is 17.6 Å². The van der Waals surface area contributed by atoms with Crippen molar-refractivity contribution in [3.8, 4) is 0 Å². The molecule has 0 bridgehead atoms. The van der Waals surface area contributed by atoms with Gasteiger partial charge in [0.1, 0.15) is 0 Å². The highest BCUT2D eigenvalue weighted by atomic mass is 32.2. The Balaban J connectivity index is 1.57. The largest absolute Gasteiger partial charge is 0.362 e. The van der Waals surface area contributed by atoms with Gasteiger partial charge in [0.2, 0.25) is 0 Å². The molecule has 0 unspecified atom stereocenters. The molecule has 0 atom stereocenters. The first-order valence-corrected chi connectivity index (χ1v) is 10.4. The first kappa shape index (κ1) is 18.6. The Labute approximate surface area is 151 Å². The van der Waals surface area contributed by atoms with Crippen molar-refractivity contribution in [2.24, 2.45) is 0 Å². The van der Waals surface area contributed by atoms with Crippen LogP contribution < -0.4 is 10.6 Å². The van der Waals surface area contributed by atoms with Crippen LogP contribution in [0, 0.1) is 0 Å². The van der Waals surface area contributed by atoms with Gasteiger partial charge in [0.25, 0.3) is 0 Å². The molecule has 2 nitrogen and oxygen atoms in total. The highest BCUT2D eigenvalue weighted by Crippen LogP contribution is 2.28. The average molecular weight is 351 g/mol. The minimum absolute atomic E-state index is 0.566. The predicted molar refractivity (Wildman–Crippen MR) is 109 cm³/mol. The fourth-order valence-corrected chi connectivity index (χ4v) is 4.41. The molecule has 1 fully saturated rings. The van der Waals surface area contributed by atoms with Crippen LogP contribution in [0.5, 0.6) is 0 Å². The van der Waals surface area contributed by atoms with Gasteiger partial charge in [-0.25, -0.2) is 0 Å². The number of thiocarbonyl (C=S) groups is 1. The third-order valence-electron chi connectivity index (χ3n) is 4.35. The number of anilines is 1. The van der Waals surface area contributed by atoms with Gasteiger partial charge in [0.05, 0.1) is 0 Å². The normalized spacial score (nSPS) is 15.6. The molecule has 0 radical (unpaired) electrons. The Kier molecular flexibility index (Phi) is 8.24. The fourth-order valence-electron chi connectivity index (χ4n) is 2.88. The molecule has 1 aromatic rings. The summed E-state index contributed by atoms with van der Waals surface area (Å²) in [5.41, 5.74) is 2.41. The molecule has 23 heavy (non-hydrogen) atoms. The van der Waals surface area contributed by atoms with Crippen LogP contribution in [0.3, 0.4) is 0 Å². The highest BCUT2D eigenvalue weighted by Gasteiger charge is 2.12. The summed E-state index contributed by atoms with van der Waals surface area (Å²) < 4.78 is 0. The lowest BCUT2D eigenvalue weighted by Crippen LogP contribution is -2.29. The number of hydrogen-bond acceptors (Lipinski definition) is 2. The number of hydrogen-bond donors (Lipinski definition) is 2. The zero-order chi connectivity index (χ0) is 16.5. The first-order chi connectivity index (χ1) is 11.1. The van der Waals surface area contributed by atoms with E-state index in [9.17, 15) is 0 Å². The van der Waals surface area contributed by atoms with Gasteiger partial charge in [-0.15, -0.1) is 0 Å². The second kappa shape index (κ2) is 10.2. The second-order valence-corrected chi connectivity index (χ2v) is 8.46. The lowest BCUT2D eigenvalue weighted by atomic mass is 10.0. The molecule has 1 aliphatic carbocycles. The molecule has 128 valence electrons. The molecule has 0 saturated heterocycles. The minimum atomic E-state index is 0.566. The summed E-state index contributed by atoms with van der Waals surface area (Å²) in [6, 6.07) is 8.53. The molecule has 0 amide bonds. The van der Waals surface area contributed by atoms with Crippen LogP contribution in [0.1, 0.15) is 63.9 Å². The van der Waals surface area contributed by atoms with Crippen LogP contribution in [-0.4, -0.2) is 22.7 Å².